The first kappa shape index (κ1) is 18.8. The van der Waals surface area contributed by atoms with Gasteiger partial charge < -0.3 is 4.74 Å². The largest absolute Gasteiger partial charge is 0.497 e. The zero-order valence-electron chi connectivity index (χ0n) is 16.1. The molecule has 1 aliphatic rings. The number of hydrogen-bond acceptors (Lipinski definition) is 5. The van der Waals surface area contributed by atoms with Gasteiger partial charge in [-0.3, -0.25) is 14.9 Å². The third kappa shape index (κ3) is 4.32. The smallest absolute Gasteiger partial charge is 0.231 e. The van der Waals surface area contributed by atoms with E-state index in [0.29, 0.717) is 24.1 Å². The number of rotatable bonds is 5. The fraction of sp³-hybridized carbons (Fsp3) is 0.217. The summed E-state index contributed by atoms with van der Waals surface area (Å²) in [5.41, 5.74) is 3.19. The summed E-state index contributed by atoms with van der Waals surface area (Å²) in [7, 11) is 1.62. The van der Waals surface area contributed by atoms with E-state index in [9.17, 15) is 9.59 Å². The quantitative estimate of drug-likeness (QED) is 0.724. The van der Waals surface area contributed by atoms with Crippen molar-refractivity contribution in [3.05, 3.63) is 83.2 Å². The summed E-state index contributed by atoms with van der Waals surface area (Å²) >= 11 is 0. The number of anilines is 1. The van der Waals surface area contributed by atoms with Crippen LogP contribution in [0.15, 0.2) is 60.8 Å². The number of nitrogens with one attached hydrogen (secondary N) is 1. The van der Waals surface area contributed by atoms with Gasteiger partial charge in [0.1, 0.15) is 5.75 Å². The van der Waals surface area contributed by atoms with Gasteiger partial charge in [0.05, 0.1) is 24.8 Å². The first-order valence-electron chi connectivity index (χ1n) is 9.49. The van der Waals surface area contributed by atoms with Crippen LogP contribution in [0.25, 0.3) is 0 Å². The van der Waals surface area contributed by atoms with E-state index in [1.807, 2.05) is 54.6 Å². The molecule has 29 heavy (non-hydrogen) atoms. The van der Waals surface area contributed by atoms with E-state index in [1.54, 1.807) is 7.11 Å². The summed E-state index contributed by atoms with van der Waals surface area (Å²) in [6, 6.07) is 17.2. The molecule has 4 rings (SSSR count). The van der Waals surface area contributed by atoms with E-state index in [2.05, 4.69) is 15.3 Å². The number of fused-ring (bicyclic) bond motifs is 1. The molecule has 0 fully saturated rings. The van der Waals surface area contributed by atoms with Crippen molar-refractivity contribution >= 4 is 17.6 Å². The van der Waals surface area contributed by atoms with E-state index >= 15 is 0 Å². The summed E-state index contributed by atoms with van der Waals surface area (Å²) in [4.78, 5) is 33.5. The highest BCUT2D eigenvalue weighted by Gasteiger charge is 2.28. The zero-order valence-corrected chi connectivity index (χ0v) is 16.1. The minimum atomic E-state index is -0.190. The average Bonchev–Trinajstić information content (AvgIpc) is 2.74. The minimum Gasteiger partial charge on any atom is -0.497 e. The van der Waals surface area contributed by atoms with Gasteiger partial charge >= 0.3 is 0 Å². The summed E-state index contributed by atoms with van der Waals surface area (Å²) in [6.07, 6.45) is 2.81. The van der Waals surface area contributed by atoms with Crippen molar-refractivity contribution < 1.29 is 14.3 Å². The Hall–Kier alpha value is -3.54. The molecular weight excluding hydrogens is 366 g/mol. The van der Waals surface area contributed by atoms with Crippen molar-refractivity contribution in [1.29, 1.82) is 0 Å². The van der Waals surface area contributed by atoms with Crippen molar-refractivity contribution in [3.8, 4) is 5.75 Å². The second-order valence-electron chi connectivity index (χ2n) is 7.07. The molecule has 6 heteroatoms. The topological polar surface area (TPSA) is 81.2 Å². The molecule has 1 aromatic heterocycles. The Morgan fingerprint density at radius 1 is 1.10 bits per heavy atom. The molecule has 2 aromatic carbocycles. The van der Waals surface area contributed by atoms with Crippen LogP contribution < -0.4 is 10.1 Å². The molecule has 146 valence electrons. The highest BCUT2D eigenvalue weighted by Crippen LogP contribution is 2.32. The van der Waals surface area contributed by atoms with E-state index in [1.165, 1.54) is 6.20 Å². The van der Waals surface area contributed by atoms with E-state index < -0.39 is 0 Å². The zero-order chi connectivity index (χ0) is 20.2. The number of nitrogens with zero attached hydrogens (tertiary/aromatic N) is 2. The van der Waals surface area contributed by atoms with Crippen molar-refractivity contribution in [2.24, 2.45) is 0 Å². The molecule has 0 saturated carbocycles. The number of carbonyl (C=O) groups is 2. The van der Waals surface area contributed by atoms with Gasteiger partial charge in [-0.2, -0.15) is 0 Å². The van der Waals surface area contributed by atoms with Crippen LogP contribution in [-0.4, -0.2) is 28.8 Å². The van der Waals surface area contributed by atoms with Crippen molar-refractivity contribution in [2.75, 3.05) is 12.4 Å². The van der Waals surface area contributed by atoms with Gasteiger partial charge in [-0.05, 0) is 35.6 Å². The van der Waals surface area contributed by atoms with Crippen LogP contribution in [0.2, 0.25) is 0 Å². The maximum absolute atomic E-state index is 12.6. The van der Waals surface area contributed by atoms with Crippen molar-refractivity contribution in [3.63, 3.8) is 0 Å². The Kier molecular flexibility index (Phi) is 5.33. The highest BCUT2D eigenvalue weighted by atomic mass is 16.5. The second-order valence-corrected chi connectivity index (χ2v) is 7.07. The molecule has 1 N–H and O–H groups in total. The van der Waals surface area contributed by atoms with Gasteiger partial charge in [0, 0.05) is 12.6 Å². The van der Waals surface area contributed by atoms with Gasteiger partial charge in [0.15, 0.2) is 5.78 Å². The second kappa shape index (κ2) is 8.22. The number of ether oxygens (including phenoxy) is 1. The summed E-state index contributed by atoms with van der Waals surface area (Å²) in [5, 5.41) is 2.74. The van der Waals surface area contributed by atoms with Gasteiger partial charge in [-0.15, -0.1) is 0 Å². The van der Waals surface area contributed by atoms with E-state index in [-0.39, 0.29) is 30.0 Å². The number of methoxy groups -OCH3 is 1. The predicted octanol–water partition coefficient (Wildman–Crippen LogP) is 3.58. The summed E-state index contributed by atoms with van der Waals surface area (Å²) in [5.74, 6) is 0.887. The molecular formula is C23H21N3O3. The number of Topliss-reactive ketones (excluding diaryl/α,β-unsaturated/α-hetero) is 1. The Bertz CT molecular complexity index is 1030. The third-order valence-electron chi connectivity index (χ3n) is 5.09. The molecule has 0 unspecified atom stereocenters. The molecule has 1 atom stereocenters. The van der Waals surface area contributed by atoms with Crippen LogP contribution in [-0.2, 0) is 17.6 Å². The first-order chi connectivity index (χ1) is 14.1. The molecule has 1 amide bonds. The molecule has 1 heterocycles. The number of aromatic nitrogens is 2. The van der Waals surface area contributed by atoms with Crippen molar-refractivity contribution in [2.45, 2.75) is 25.2 Å². The number of ketones is 1. The van der Waals surface area contributed by atoms with E-state index in [0.717, 1.165) is 16.9 Å². The predicted molar refractivity (Wildman–Crippen MR) is 109 cm³/mol. The lowest BCUT2D eigenvalue weighted by molar-refractivity contribution is -0.115. The van der Waals surface area contributed by atoms with Crippen LogP contribution in [0.5, 0.6) is 5.75 Å². The van der Waals surface area contributed by atoms with Crippen LogP contribution in [0, 0.1) is 0 Å². The van der Waals surface area contributed by atoms with Crippen molar-refractivity contribution in [1.82, 2.24) is 9.97 Å². The number of carbonyl (C=O) groups excluding carboxylic acids is 2. The Labute approximate surface area is 169 Å². The normalized spacial score (nSPS) is 15.5. The monoisotopic (exact) mass is 387 g/mol. The molecule has 1 aliphatic carbocycles. The highest BCUT2D eigenvalue weighted by molar-refractivity contribution is 5.99. The van der Waals surface area contributed by atoms with Crippen LogP contribution in [0.3, 0.4) is 0 Å². The fourth-order valence-corrected chi connectivity index (χ4v) is 3.57. The molecule has 0 aliphatic heterocycles. The number of benzene rings is 2. The van der Waals surface area contributed by atoms with E-state index in [4.69, 9.17) is 4.74 Å². The van der Waals surface area contributed by atoms with Crippen LogP contribution in [0.4, 0.5) is 5.95 Å². The lowest BCUT2D eigenvalue weighted by Crippen LogP contribution is -2.23. The molecule has 6 nitrogen and oxygen atoms in total. The molecule has 3 aromatic rings. The maximum atomic E-state index is 12.6. The SMILES string of the molecule is COc1ccc([C@@H]2CC(=O)c3cnc(NC(=O)Cc4ccccc4)nc3C2)cc1. The van der Waals surface area contributed by atoms with Gasteiger partial charge in [-0.1, -0.05) is 42.5 Å². The molecule has 0 saturated heterocycles. The average molecular weight is 387 g/mol. The fourth-order valence-electron chi connectivity index (χ4n) is 3.57. The summed E-state index contributed by atoms with van der Waals surface area (Å²) < 4.78 is 5.20. The number of amides is 1. The lowest BCUT2D eigenvalue weighted by Gasteiger charge is -2.23. The van der Waals surface area contributed by atoms with Crippen LogP contribution in [0.1, 0.15) is 39.5 Å². The Morgan fingerprint density at radius 2 is 1.86 bits per heavy atom. The van der Waals surface area contributed by atoms with Crippen LogP contribution >= 0.6 is 0 Å². The van der Waals surface area contributed by atoms with Gasteiger partial charge in [0.25, 0.3) is 0 Å². The van der Waals surface area contributed by atoms with Gasteiger partial charge in [0.2, 0.25) is 11.9 Å². The minimum absolute atomic E-state index is 0.0224. The molecule has 0 radical (unpaired) electrons. The third-order valence-corrected chi connectivity index (χ3v) is 5.09. The Morgan fingerprint density at radius 3 is 2.59 bits per heavy atom. The molecule has 0 bridgehead atoms. The van der Waals surface area contributed by atoms with Gasteiger partial charge in [-0.25, -0.2) is 9.97 Å². The maximum Gasteiger partial charge on any atom is 0.231 e. The lowest BCUT2D eigenvalue weighted by atomic mass is 9.82. The molecule has 0 spiro atoms. The first-order valence-corrected chi connectivity index (χ1v) is 9.49. The Balaban J connectivity index is 1.50. The number of hydrogen-bond donors (Lipinski definition) is 1. The standard InChI is InChI=1S/C23H21N3O3/c1-29-18-9-7-16(8-10-18)17-12-20-19(21(27)13-17)14-24-23(25-20)26-22(28)11-15-5-3-2-4-6-15/h2-10,14,17H,11-13H2,1H3,(H,24,25,26,28)/t17-/m0/s1. The summed E-state index contributed by atoms with van der Waals surface area (Å²) in [6.45, 7) is 0.